The summed E-state index contributed by atoms with van der Waals surface area (Å²) in [6, 6.07) is 22.2. The third-order valence-electron chi connectivity index (χ3n) is 4.88. The van der Waals surface area contributed by atoms with Gasteiger partial charge in [0.2, 0.25) is 7.41 Å². The number of aromatic nitrogens is 1. The van der Waals surface area contributed by atoms with E-state index in [1.54, 1.807) is 0 Å². The van der Waals surface area contributed by atoms with Crippen LogP contribution in [0.3, 0.4) is 0 Å². The zero-order chi connectivity index (χ0) is 14.7. The smallest absolute Gasteiger partial charge is 0.249 e. The van der Waals surface area contributed by atoms with Crippen molar-refractivity contribution in [3.05, 3.63) is 71.8 Å². The van der Waals surface area contributed by atoms with Gasteiger partial charge in [0, 0.05) is 21.8 Å². The van der Waals surface area contributed by atoms with E-state index in [1.165, 1.54) is 44.1 Å². The maximum Gasteiger partial charge on any atom is 0.249 e. The Morgan fingerprint density at radius 1 is 0.773 bits per heavy atom. The highest BCUT2D eigenvalue weighted by atomic mass is 14.9. The van der Waals surface area contributed by atoms with Crippen molar-refractivity contribution in [3.8, 4) is 11.1 Å². The van der Waals surface area contributed by atoms with Gasteiger partial charge in [0.1, 0.15) is 0 Å². The fourth-order valence-corrected chi connectivity index (χ4v) is 3.91. The van der Waals surface area contributed by atoms with Crippen LogP contribution in [0.2, 0.25) is 6.82 Å². The highest BCUT2D eigenvalue weighted by Gasteiger charge is 2.20. The fourth-order valence-electron chi connectivity index (χ4n) is 3.91. The molecule has 3 aromatic carbocycles. The number of benzene rings is 3. The molecule has 1 aliphatic carbocycles. The SMILES string of the molecule is C[B]n1c2ccccc2c2cc3c(cc21)Cc1ccccc1-3. The van der Waals surface area contributed by atoms with E-state index in [2.05, 4.69) is 79.4 Å². The first-order valence-corrected chi connectivity index (χ1v) is 7.80. The molecular weight excluding hydrogens is 265 g/mol. The minimum Gasteiger partial charge on any atom is -0.390 e. The zero-order valence-corrected chi connectivity index (χ0v) is 12.5. The van der Waals surface area contributed by atoms with Crippen molar-refractivity contribution < 1.29 is 0 Å². The number of hydrogen-bond donors (Lipinski definition) is 0. The monoisotopic (exact) mass is 280 g/mol. The van der Waals surface area contributed by atoms with Gasteiger partial charge in [-0.15, -0.1) is 0 Å². The summed E-state index contributed by atoms with van der Waals surface area (Å²) in [4.78, 5) is 0. The molecule has 1 radical (unpaired) electrons. The van der Waals surface area contributed by atoms with Gasteiger partial charge in [-0.05, 0) is 46.9 Å². The van der Waals surface area contributed by atoms with E-state index in [9.17, 15) is 0 Å². The van der Waals surface area contributed by atoms with Gasteiger partial charge in [0.15, 0.2) is 0 Å². The molecule has 22 heavy (non-hydrogen) atoms. The van der Waals surface area contributed by atoms with Gasteiger partial charge < -0.3 is 4.48 Å². The van der Waals surface area contributed by atoms with Crippen LogP contribution in [0.25, 0.3) is 32.9 Å². The largest absolute Gasteiger partial charge is 0.390 e. The van der Waals surface area contributed by atoms with Crippen LogP contribution < -0.4 is 0 Å². The lowest BCUT2D eigenvalue weighted by Gasteiger charge is -2.05. The van der Waals surface area contributed by atoms with Gasteiger partial charge in [-0.2, -0.15) is 0 Å². The van der Waals surface area contributed by atoms with E-state index in [-0.39, 0.29) is 0 Å². The van der Waals surface area contributed by atoms with Crippen molar-refractivity contribution in [2.24, 2.45) is 0 Å². The highest BCUT2D eigenvalue weighted by molar-refractivity contribution is 6.37. The molecule has 0 aliphatic heterocycles. The normalized spacial score (nSPS) is 12.6. The summed E-state index contributed by atoms with van der Waals surface area (Å²) in [5.41, 5.74) is 8.30. The first-order valence-electron chi connectivity index (χ1n) is 7.80. The predicted molar refractivity (Wildman–Crippen MR) is 94.7 cm³/mol. The Kier molecular flexibility index (Phi) is 2.35. The second-order valence-corrected chi connectivity index (χ2v) is 6.01. The van der Waals surface area contributed by atoms with E-state index in [1.807, 2.05) is 0 Å². The molecule has 4 aromatic rings. The van der Waals surface area contributed by atoms with Crippen molar-refractivity contribution in [2.45, 2.75) is 13.2 Å². The Morgan fingerprint density at radius 2 is 1.59 bits per heavy atom. The lowest BCUT2D eigenvalue weighted by Crippen LogP contribution is -2.00. The average Bonchev–Trinajstić information content (AvgIpc) is 3.07. The average molecular weight is 280 g/mol. The van der Waals surface area contributed by atoms with Gasteiger partial charge in [-0.25, -0.2) is 0 Å². The van der Waals surface area contributed by atoms with Crippen LogP contribution in [0.4, 0.5) is 0 Å². The predicted octanol–water partition coefficient (Wildman–Crippen LogP) is 4.88. The van der Waals surface area contributed by atoms with Crippen LogP contribution in [-0.2, 0) is 6.42 Å². The number of rotatable bonds is 1. The lowest BCUT2D eigenvalue weighted by atomic mass is 9.98. The molecule has 1 nitrogen and oxygen atoms in total. The standard InChI is InChI=1S/C20H15BN/c1-21-22-19-9-5-4-8-16(19)18-12-17-14(11-20(18)22)10-13-6-2-3-7-15(13)17/h2-9,11-12H,10H2,1H3. The summed E-state index contributed by atoms with van der Waals surface area (Å²) in [5, 5.41) is 2.69. The second-order valence-electron chi connectivity index (χ2n) is 6.01. The van der Waals surface area contributed by atoms with E-state index in [4.69, 9.17) is 0 Å². The van der Waals surface area contributed by atoms with E-state index < -0.39 is 0 Å². The van der Waals surface area contributed by atoms with Crippen LogP contribution in [-0.4, -0.2) is 11.9 Å². The molecule has 0 bridgehead atoms. The fraction of sp³-hybridized carbons (Fsp3) is 0.100. The minimum atomic E-state index is 1.05. The maximum atomic E-state index is 2.39. The Balaban J connectivity index is 1.93. The molecule has 2 heteroatoms. The molecule has 0 fully saturated rings. The van der Waals surface area contributed by atoms with E-state index in [0.29, 0.717) is 0 Å². The molecular formula is C20H15BN. The van der Waals surface area contributed by atoms with Gasteiger partial charge in [-0.3, -0.25) is 0 Å². The van der Waals surface area contributed by atoms with Gasteiger partial charge >= 0.3 is 0 Å². The number of para-hydroxylation sites is 1. The molecule has 0 N–H and O–H groups in total. The maximum absolute atomic E-state index is 2.39. The van der Waals surface area contributed by atoms with Crippen LogP contribution in [0, 0.1) is 0 Å². The van der Waals surface area contributed by atoms with Crippen molar-refractivity contribution in [1.82, 2.24) is 4.48 Å². The molecule has 0 saturated carbocycles. The van der Waals surface area contributed by atoms with Crippen LogP contribution in [0.15, 0.2) is 60.7 Å². The summed E-state index contributed by atoms with van der Waals surface area (Å²) in [5.74, 6) is 0. The molecule has 0 amide bonds. The van der Waals surface area contributed by atoms with Crippen LogP contribution in [0.1, 0.15) is 11.1 Å². The quantitative estimate of drug-likeness (QED) is 0.386. The molecule has 0 atom stereocenters. The molecule has 1 heterocycles. The zero-order valence-electron chi connectivity index (χ0n) is 12.5. The molecule has 5 rings (SSSR count). The summed E-state index contributed by atoms with van der Waals surface area (Å²) in [6.45, 7) is 2.11. The van der Waals surface area contributed by atoms with Crippen LogP contribution in [0.5, 0.6) is 0 Å². The number of nitrogens with zero attached hydrogens (tertiary/aromatic N) is 1. The Bertz CT molecular complexity index is 1040. The molecule has 1 aromatic heterocycles. The van der Waals surface area contributed by atoms with E-state index in [0.717, 1.165) is 6.42 Å². The Hall–Kier alpha value is -2.48. The highest BCUT2D eigenvalue weighted by Crippen LogP contribution is 2.41. The van der Waals surface area contributed by atoms with E-state index >= 15 is 0 Å². The number of hydrogen-bond acceptors (Lipinski definition) is 0. The molecule has 0 spiro atoms. The molecule has 0 saturated heterocycles. The van der Waals surface area contributed by atoms with Crippen molar-refractivity contribution in [3.63, 3.8) is 0 Å². The topological polar surface area (TPSA) is 4.93 Å². The Morgan fingerprint density at radius 3 is 2.50 bits per heavy atom. The van der Waals surface area contributed by atoms with Gasteiger partial charge in [-0.1, -0.05) is 49.3 Å². The first kappa shape index (κ1) is 12.1. The van der Waals surface area contributed by atoms with Crippen molar-refractivity contribution in [1.29, 1.82) is 0 Å². The lowest BCUT2D eigenvalue weighted by molar-refractivity contribution is 1.26. The third kappa shape index (κ3) is 1.45. The van der Waals surface area contributed by atoms with Gasteiger partial charge in [0.05, 0.1) is 0 Å². The molecule has 1 aliphatic rings. The summed E-state index contributed by atoms with van der Waals surface area (Å²) in [6.07, 6.45) is 1.05. The molecule has 0 unspecified atom stereocenters. The Labute approximate surface area is 130 Å². The van der Waals surface area contributed by atoms with Crippen molar-refractivity contribution in [2.75, 3.05) is 0 Å². The molecule has 103 valence electrons. The third-order valence-corrected chi connectivity index (χ3v) is 4.88. The van der Waals surface area contributed by atoms with Gasteiger partial charge in [0.25, 0.3) is 0 Å². The minimum absolute atomic E-state index is 1.05. The summed E-state index contributed by atoms with van der Waals surface area (Å²) in [7, 11) is 2.17. The summed E-state index contributed by atoms with van der Waals surface area (Å²) < 4.78 is 2.31. The summed E-state index contributed by atoms with van der Waals surface area (Å²) >= 11 is 0. The van der Waals surface area contributed by atoms with Crippen molar-refractivity contribution >= 4 is 29.2 Å². The second kappa shape index (κ2) is 4.26. The number of fused-ring (bicyclic) bond motifs is 6. The first-order chi connectivity index (χ1) is 10.9. The van der Waals surface area contributed by atoms with Crippen LogP contribution >= 0.6 is 0 Å².